The van der Waals surface area contributed by atoms with Crippen molar-refractivity contribution in [1.29, 1.82) is 0 Å². The van der Waals surface area contributed by atoms with Gasteiger partial charge in [0, 0.05) is 0 Å². The van der Waals surface area contributed by atoms with Gasteiger partial charge in [-0.1, -0.05) is 56.5 Å². The number of allylic oxidation sites excluding steroid dienone is 1. The predicted octanol–water partition coefficient (Wildman–Crippen LogP) is 4.97. The van der Waals surface area contributed by atoms with Gasteiger partial charge in [-0.2, -0.15) is 0 Å². The summed E-state index contributed by atoms with van der Waals surface area (Å²) in [5, 5.41) is 0. The zero-order valence-electron chi connectivity index (χ0n) is 9.38. The first-order valence-corrected chi connectivity index (χ1v) is 5.74. The van der Waals surface area contributed by atoms with Crippen molar-refractivity contribution < 1.29 is 4.39 Å². The molecule has 0 aliphatic carbocycles. The van der Waals surface area contributed by atoms with Gasteiger partial charge in [-0.15, -0.1) is 0 Å². The van der Waals surface area contributed by atoms with Crippen LogP contribution in [0.4, 0.5) is 4.39 Å². The molecule has 15 heavy (non-hydrogen) atoms. The quantitative estimate of drug-likeness (QED) is 0.576. The molecule has 0 aliphatic rings. The van der Waals surface area contributed by atoms with Crippen LogP contribution in [0.2, 0.25) is 0 Å². The molecule has 0 atom stereocenters. The summed E-state index contributed by atoms with van der Waals surface area (Å²) in [6.07, 6.45) is 6.71. The van der Waals surface area contributed by atoms with Crippen molar-refractivity contribution in [3.63, 3.8) is 0 Å². The minimum absolute atomic E-state index is 0.00250. The van der Waals surface area contributed by atoms with Crippen LogP contribution in [0.3, 0.4) is 0 Å². The first-order valence-electron chi connectivity index (χ1n) is 5.74. The van der Waals surface area contributed by atoms with E-state index in [0.29, 0.717) is 6.42 Å². The van der Waals surface area contributed by atoms with Crippen LogP contribution in [0.5, 0.6) is 0 Å². The molecule has 1 aromatic carbocycles. The summed E-state index contributed by atoms with van der Waals surface area (Å²) in [4.78, 5) is 0. The van der Waals surface area contributed by atoms with Gasteiger partial charge in [-0.25, -0.2) is 4.39 Å². The molecule has 82 valence electrons. The maximum Gasteiger partial charge on any atom is 0.101 e. The minimum Gasteiger partial charge on any atom is -0.212 e. The van der Waals surface area contributed by atoms with E-state index < -0.39 is 0 Å². The van der Waals surface area contributed by atoms with Gasteiger partial charge in [0.1, 0.15) is 5.83 Å². The van der Waals surface area contributed by atoms with Crippen molar-refractivity contribution in [2.75, 3.05) is 0 Å². The van der Waals surface area contributed by atoms with Crippen LogP contribution in [0.1, 0.15) is 44.6 Å². The van der Waals surface area contributed by atoms with Gasteiger partial charge in [-0.3, -0.25) is 0 Å². The molecule has 0 radical (unpaired) electrons. The Morgan fingerprint density at radius 2 is 1.87 bits per heavy atom. The van der Waals surface area contributed by atoms with Crippen molar-refractivity contribution in [1.82, 2.24) is 0 Å². The highest BCUT2D eigenvalue weighted by Crippen LogP contribution is 2.14. The maximum atomic E-state index is 13.4. The van der Waals surface area contributed by atoms with Crippen molar-refractivity contribution >= 4 is 6.08 Å². The predicted molar refractivity (Wildman–Crippen MR) is 64.3 cm³/mol. The van der Waals surface area contributed by atoms with Gasteiger partial charge in [0.15, 0.2) is 0 Å². The van der Waals surface area contributed by atoms with Crippen LogP contribution in [-0.2, 0) is 0 Å². The molecule has 0 bridgehead atoms. The first-order chi connectivity index (χ1) is 7.33. The third-order valence-electron chi connectivity index (χ3n) is 2.39. The zero-order chi connectivity index (χ0) is 10.9. The van der Waals surface area contributed by atoms with E-state index >= 15 is 0 Å². The van der Waals surface area contributed by atoms with Crippen LogP contribution in [-0.4, -0.2) is 0 Å². The van der Waals surface area contributed by atoms with Crippen LogP contribution >= 0.6 is 0 Å². The second-order valence-electron chi connectivity index (χ2n) is 3.81. The molecular weight excluding hydrogens is 187 g/mol. The zero-order valence-corrected chi connectivity index (χ0v) is 9.38. The van der Waals surface area contributed by atoms with Gasteiger partial charge in [0.25, 0.3) is 0 Å². The van der Waals surface area contributed by atoms with E-state index in [4.69, 9.17) is 0 Å². The van der Waals surface area contributed by atoms with E-state index in [2.05, 4.69) is 6.92 Å². The average molecular weight is 206 g/mol. The maximum absolute atomic E-state index is 13.4. The summed E-state index contributed by atoms with van der Waals surface area (Å²) >= 11 is 0. The van der Waals surface area contributed by atoms with E-state index in [0.717, 1.165) is 18.4 Å². The Bertz CT molecular complexity index is 287. The SMILES string of the molecule is CCCCCC/C(F)=C/c1ccccc1. The fraction of sp³-hybridized carbons (Fsp3) is 0.429. The van der Waals surface area contributed by atoms with Gasteiger partial charge in [-0.05, 0) is 24.5 Å². The minimum atomic E-state index is -0.00250. The van der Waals surface area contributed by atoms with Gasteiger partial charge >= 0.3 is 0 Å². The molecular formula is C14H19F. The third-order valence-corrected chi connectivity index (χ3v) is 2.39. The molecule has 0 aromatic heterocycles. The molecule has 0 saturated heterocycles. The Morgan fingerprint density at radius 1 is 1.13 bits per heavy atom. The highest BCUT2D eigenvalue weighted by atomic mass is 19.1. The monoisotopic (exact) mass is 206 g/mol. The number of halogens is 1. The summed E-state index contributed by atoms with van der Waals surface area (Å²) in [5.41, 5.74) is 0.950. The molecule has 0 fully saturated rings. The summed E-state index contributed by atoms with van der Waals surface area (Å²) in [6.45, 7) is 2.16. The number of hydrogen-bond donors (Lipinski definition) is 0. The van der Waals surface area contributed by atoms with Gasteiger partial charge < -0.3 is 0 Å². The molecule has 1 heteroatoms. The molecule has 0 N–H and O–H groups in total. The summed E-state index contributed by atoms with van der Waals surface area (Å²) < 4.78 is 13.4. The number of benzene rings is 1. The molecule has 0 saturated carbocycles. The van der Waals surface area contributed by atoms with Crippen LogP contribution in [0.15, 0.2) is 36.2 Å². The fourth-order valence-corrected chi connectivity index (χ4v) is 1.52. The molecule has 0 aliphatic heterocycles. The molecule has 0 heterocycles. The lowest BCUT2D eigenvalue weighted by Crippen LogP contribution is -1.79. The topological polar surface area (TPSA) is 0 Å². The van der Waals surface area contributed by atoms with E-state index in [1.54, 1.807) is 6.08 Å². The van der Waals surface area contributed by atoms with E-state index in [1.165, 1.54) is 12.8 Å². The van der Waals surface area contributed by atoms with Crippen molar-refractivity contribution in [2.45, 2.75) is 39.0 Å². The Labute approximate surface area is 91.8 Å². The number of unbranched alkanes of at least 4 members (excludes halogenated alkanes) is 3. The normalized spacial score (nSPS) is 11.7. The smallest absolute Gasteiger partial charge is 0.101 e. The van der Waals surface area contributed by atoms with Crippen LogP contribution < -0.4 is 0 Å². The van der Waals surface area contributed by atoms with Crippen molar-refractivity contribution in [3.05, 3.63) is 41.7 Å². The Kier molecular flexibility index (Phi) is 5.76. The average Bonchev–Trinajstić information content (AvgIpc) is 2.26. The second kappa shape index (κ2) is 7.22. The van der Waals surface area contributed by atoms with E-state index in [-0.39, 0.29) is 5.83 Å². The fourth-order valence-electron chi connectivity index (χ4n) is 1.52. The summed E-state index contributed by atoms with van der Waals surface area (Å²) in [6, 6.07) is 9.64. The standard InChI is InChI=1S/C14H19F/c1-2-3-4-8-11-14(15)12-13-9-6-5-7-10-13/h5-7,9-10,12H,2-4,8,11H2,1H3/b14-12-. The van der Waals surface area contributed by atoms with E-state index in [9.17, 15) is 4.39 Å². The second-order valence-corrected chi connectivity index (χ2v) is 3.81. The lowest BCUT2D eigenvalue weighted by atomic mass is 10.1. The summed E-state index contributed by atoms with van der Waals surface area (Å²) in [7, 11) is 0. The van der Waals surface area contributed by atoms with Gasteiger partial charge in [0.2, 0.25) is 0 Å². The largest absolute Gasteiger partial charge is 0.212 e. The Balaban J connectivity index is 2.33. The van der Waals surface area contributed by atoms with Crippen LogP contribution in [0, 0.1) is 0 Å². The van der Waals surface area contributed by atoms with Crippen molar-refractivity contribution in [2.24, 2.45) is 0 Å². The highest BCUT2D eigenvalue weighted by Gasteiger charge is 1.95. The lowest BCUT2D eigenvalue weighted by molar-refractivity contribution is 0.558. The Morgan fingerprint density at radius 3 is 2.53 bits per heavy atom. The number of rotatable bonds is 6. The van der Waals surface area contributed by atoms with Crippen molar-refractivity contribution in [3.8, 4) is 0 Å². The van der Waals surface area contributed by atoms with Crippen LogP contribution in [0.25, 0.3) is 6.08 Å². The van der Waals surface area contributed by atoms with Gasteiger partial charge in [0.05, 0.1) is 0 Å². The lowest BCUT2D eigenvalue weighted by Gasteiger charge is -1.98. The molecule has 0 amide bonds. The molecule has 0 spiro atoms. The third kappa shape index (κ3) is 5.36. The highest BCUT2D eigenvalue weighted by molar-refractivity contribution is 5.50. The van der Waals surface area contributed by atoms with E-state index in [1.807, 2.05) is 30.3 Å². The first kappa shape index (κ1) is 12.0. The molecule has 1 aromatic rings. The molecule has 0 unspecified atom stereocenters. The molecule has 1 rings (SSSR count). The summed E-state index contributed by atoms with van der Waals surface area (Å²) in [5.74, 6) is -0.00250. The molecule has 0 nitrogen and oxygen atoms in total. The number of hydrogen-bond acceptors (Lipinski definition) is 0. The Hall–Kier alpha value is -1.11.